The first kappa shape index (κ1) is 13.7. The monoisotopic (exact) mass is 257 g/mol. The first-order chi connectivity index (χ1) is 7.99. The van der Waals surface area contributed by atoms with E-state index in [0.717, 1.165) is 11.6 Å². The van der Waals surface area contributed by atoms with Gasteiger partial charge in [-0.15, -0.1) is 0 Å². The predicted molar refractivity (Wildman–Crippen MR) is 64.5 cm³/mol. The van der Waals surface area contributed by atoms with E-state index in [4.69, 9.17) is 16.7 Å². The maximum atomic E-state index is 12.9. The molecule has 0 radical (unpaired) electrons. The van der Waals surface area contributed by atoms with Gasteiger partial charge in [0, 0.05) is 19.2 Å². The Labute approximate surface area is 104 Å². The van der Waals surface area contributed by atoms with Gasteiger partial charge in [0.2, 0.25) is 0 Å². The summed E-state index contributed by atoms with van der Waals surface area (Å²) in [7, 11) is 0. The summed E-state index contributed by atoms with van der Waals surface area (Å²) >= 11 is 5.63. The second kappa shape index (κ2) is 6.37. The van der Waals surface area contributed by atoms with Gasteiger partial charge in [-0.2, -0.15) is 0 Å². The molecule has 1 rings (SSSR count). The van der Waals surface area contributed by atoms with E-state index < -0.39 is 11.8 Å². The summed E-state index contributed by atoms with van der Waals surface area (Å²) in [4.78, 5) is 10.4. The third-order valence-corrected chi connectivity index (χ3v) is 2.38. The van der Waals surface area contributed by atoms with Crippen LogP contribution in [0.3, 0.4) is 0 Å². The summed E-state index contributed by atoms with van der Waals surface area (Å²) in [6.07, 6.45) is 1.14. The van der Waals surface area contributed by atoms with Gasteiger partial charge < -0.3 is 10.4 Å². The van der Waals surface area contributed by atoms with Gasteiger partial charge in [0.1, 0.15) is 5.82 Å². The van der Waals surface area contributed by atoms with E-state index in [9.17, 15) is 9.18 Å². The molecule has 0 heterocycles. The second-order valence-electron chi connectivity index (χ2n) is 3.68. The lowest BCUT2D eigenvalue weighted by molar-refractivity contribution is -0.131. The molecule has 0 saturated carbocycles. The number of carboxylic acids is 1. The fraction of sp³-hybridized carbons (Fsp3) is 0.250. The zero-order valence-electron chi connectivity index (χ0n) is 9.34. The lowest BCUT2D eigenvalue weighted by Crippen LogP contribution is -2.16. The molecular weight excluding hydrogens is 245 g/mol. The van der Waals surface area contributed by atoms with E-state index in [2.05, 4.69) is 5.32 Å². The highest BCUT2D eigenvalue weighted by molar-refractivity contribution is 6.30. The van der Waals surface area contributed by atoms with Crippen molar-refractivity contribution in [3.63, 3.8) is 0 Å². The van der Waals surface area contributed by atoms with Crippen molar-refractivity contribution in [1.29, 1.82) is 0 Å². The molecule has 0 aliphatic heterocycles. The number of benzene rings is 1. The van der Waals surface area contributed by atoms with E-state index in [1.165, 1.54) is 6.07 Å². The normalized spacial score (nSPS) is 11.6. The average Bonchev–Trinajstić information content (AvgIpc) is 2.22. The Morgan fingerprint density at radius 2 is 2.29 bits per heavy atom. The van der Waals surface area contributed by atoms with Crippen LogP contribution in [-0.4, -0.2) is 17.6 Å². The lowest BCUT2D eigenvalue weighted by Gasteiger charge is -2.05. The smallest absolute Gasteiger partial charge is 0.328 e. The summed E-state index contributed by atoms with van der Waals surface area (Å²) in [5, 5.41) is 11.6. The molecule has 0 aliphatic carbocycles. The molecule has 3 nitrogen and oxygen atoms in total. The average molecular weight is 258 g/mol. The zero-order chi connectivity index (χ0) is 12.8. The Bertz CT molecular complexity index is 446. The highest BCUT2D eigenvalue weighted by Crippen LogP contribution is 2.15. The number of rotatable bonds is 5. The fourth-order valence-corrected chi connectivity index (χ4v) is 1.52. The van der Waals surface area contributed by atoms with Crippen molar-refractivity contribution in [3.05, 3.63) is 46.3 Å². The van der Waals surface area contributed by atoms with Crippen molar-refractivity contribution in [2.75, 3.05) is 6.54 Å². The third kappa shape index (κ3) is 4.97. The van der Waals surface area contributed by atoms with Crippen molar-refractivity contribution in [2.24, 2.45) is 0 Å². The van der Waals surface area contributed by atoms with Crippen molar-refractivity contribution >= 4 is 17.6 Å². The van der Waals surface area contributed by atoms with E-state index >= 15 is 0 Å². The van der Waals surface area contributed by atoms with Gasteiger partial charge in [-0.25, -0.2) is 9.18 Å². The molecule has 2 N–H and O–H groups in total. The highest BCUT2D eigenvalue weighted by Gasteiger charge is 2.01. The van der Waals surface area contributed by atoms with Gasteiger partial charge in [0.15, 0.2) is 0 Å². The Kier molecular flexibility index (Phi) is 5.12. The summed E-state index contributed by atoms with van der Waals surface area (Å²) < 4.78 is 12.9. The van der Waals surface area contributed by atoms with Crippen molar-refractivity contribution in [3.8, 4) is 0 Å². The van der Waals surface area contributed by atoms with Crippen LogP contribution in [0.25, 0.3) is 0 Å². The number of carbonyl (C=O) groups is 1. The third-order valence-electron chi connectivity index (χ3n) is 2.09. The number of carboxylic acid groups (broad SMARTS) is 1. The van der Waals surface area contributed by atoms with E-state index in [-0.39, 0.29) is 5.02 Å². The molecular formula is C12H13ClFNO2. The van der Waals surface area contributed by atoms with E-state index in [0.29, 0.717) is 18.7 Å². The molecule has 0 fully saturated rings. The number of aliphatic carboxylic acids is 1. The Morgan fingerprint density at radius 3 is 2.88 bits per heavy atom. The maximum Gasteiger partial charge on any atom is 0.328 e. The summed E-state index contributed by atoms with van der Waals surface area (Å²) in [6.45, 7) is 2.69. The standard InChI is InChI=1S/C12H13ClFNO2/c1-8(4-12(16)17)6-15-7-9-2-3-11(14)10(13)5-9/h2-5,15H,6-7H2,1H3,(H,16,17)/b8-4-. The molecule has 0 spiro atoms. The van der Waals surface area contributed by atoms with Crippen LogP contribution in [0.1, 0.15) is 12.5 Å². The topological polar surface area (TPSA) is 49.3 Å². The molecule has 0 unspecified atom stereocenters. The molecule has 5 heteroatoms. The molecule has 0 aromatic heterocycles. The van der Waals surface area contributed by atoms with Crippen LogP contribution in [0.5, 0.6) is 0 Å². The van der Waals surface area contributed by atoms with Gasteiger partial charge in [0.25, 0.3) is 0 Å². The summed E-state index contributed by atoms with van der Waals surface area (Å²) in [6, 6.07) is 4.48. The molecule has 0 aliphatic rings. The number of halogens is 2. The molecule has 1 aromatic carbocycles. The number of hydrogen-bond acceptors (Lipinski definition) is 2. The Balaban J connectivity index is 2.46. The Morgan fingerprint density at radius 1 is 1.59 bits per heavy atom. The molecule has 17 heavy (non-hydrogen) atoms. The van der Waals surface area contributed by atoms with Crippen LogP contribution in [0.4, 0.5) is 4.39 Å². The first-order valence-corrected chi connectivity index (χ1v) is 5.41. The highest BCUT2D eigenvalue weighted by atomic mass is 35.5. The second-order valence-corrected chi connectivity index (χ2v) is 4.09. The van der Waals surface area contributed by atoms with Gasteiger partial charge >= 0.3 is 5.97 Å². The zero-order valence-corrected chi connectivity index (χ0v) is 10.1. The minimum absolute atomic E-state index is 0.0853. The molecule has 0 atom stereocenters. The summed E-state index contributed by atoms with van der Waals surface area (Å²) in [5.74, 6) is -1.41. The minimum Gasteiger partial charge on any atom is -0.478 e. The van der Waals surface area contributed by atoms with Crippen molar-refractivity contribution in [2.45, 2.75) is 13.5 Å². The summed E-state index contributed by atoms with van der Waals surface area (Å²) in [5.41, 5.74) is 1.56. The van der Waals surface area contributed by atoms with Crippen LogP contribution in [0.2, 0.25) is 5.02 Å². The molecule has 1 aromatic rings. The van der Waals surface area contributed by atoms with E-state index in [1.54, 1.807) is 19.1 Å². The maximum absolute atomic E-state index is 12.9. The first-order valence-electron chi connectivity index (χ1n) is 5.04. The van der Waals surface area contributed by atoms with Crippen molar-refractivity contribution < 1.29 is 14.3 Å². The van der Waals surface area contributed by atoms with Crippen molar-refractivity contribution in [1.82, 2.24) is 5.32 Å². The van der Waals surface area contributed by atoms with Crippen LogP contribution < -0.4 is 5.32 Å². The lowest BCUT2D eigenvalue weighted by atomic mass is 10.2. The fourth-order valence-electron chi connectivity index (χ4n) is 1.32. The van der Waals surface area contributed by atoms with Gasteiger partial charge in [-0.1, -0.05) is 23.2 Å². The molecule has 92 valence electrons. The van der Waals surface area contributed by atoms with Gasteiger partial charge in [-0.05, 0) is 24.6 Å². The quantitative estimate of drug-likeness (QED) is 0.797. The minimum atomic E-state index is -0.964. The van der Waals surface area contributed by atoms with Gasteiger partial charge in [0.05, 0.1) is 5.02 Å². The molecule has 0 saturated heterocycles. The van der Waals surface area contributed by atoms with E-state index in [1.807, 2.05) is 0 Å². The SMILES string of the molecule is C/C(=C/C(=O)O)CNCc1ccc(F)c(Cl)c1. The molecule has 0 bridgehead atoms. The Hall–Kier alpha value is -1.39. The largest absolute Gasteiger partial charge is 0.478 e. The predicted octanol–water partition coefficient (Wildman–Crippen LogP) is 2.60. The van der Waals surface area contributed by atoms with Crippen LogP contribution in [-0.2, 0) is 11.3 Å². The number of hydrogen-bond donors (Lipinski definition) is 2. The van der Waals surface area contributed by atoms with Gasteiger partial charge in [-0.3, -0.25) is 0 Å². The number of nitrogens with one attached hydrogen (secondary N) is 1. The van der Waals surface area contributed by atoms with Crippen LogP contribution >= 0.6 is 11.6 Å². The molecule has 0 amide bonds. The van der Waals surface area contributed by atoms with Crippen LogP contribution in [0, 0.1) is 5.82 Å². The van der Waals surface area contributed by atoms with Crippen LogP contribution in [0.15, 0.2) is 29.8 Å².